The number of amides is 1. The molecular formula is C13H24N2O2. The Balaban J connectivity index is 1.98. The van der Waals surface area contributed by atoms with E-state index in [1.54, 1.807) is 0 Å². The number of rotatable bonds is 3. The molecule has 0 aliphatic carbocycles. The van der Waals surface area contributed by atoms with Crippen molar-refractivity contribution in [1.82, 2.24) is 10.2 Å². The molecule has 0 aromatic heterocycles. The van der Waals surface area contributed by atoms with Crippen LogP contribution in [-0.2, 0) is 9.53 Å². The van der Waals surface area contributed by atoms with Crippen molar-refractivity contribution in [3.05, 3.63) is 0 Å². The minimum absolute atomic E-state index is 0.148. The lowest BCUT2D eigenvalue weighted by Crippen LogP contribution is -2.43. The van der Waals surface area contributed by atoms with Crippen molar-refractivity contribution in [1.29, 1.82) is 0 Å². The summed E-state index contributed by atoms with van der Waals surface area (Å²) in [5, 5.41) is 3.40. The Bertz CT molecular complexity index is 289. The van der Waals surface area contributed by atoms with Crippen molar-refractivity contribution < 1.29 is 9.53 Å². The Hall–Kier alpha value is -0.610. The molecule has 17 heavy (non-hydrogen) atoms. The van der Waals surface area contributed by atoms with E-state index in [-0.39, 0.29) is 17.6 Å². The molecule has 1 N–H and O–H groups in total. The normalized spacial score (nSPS) is 38.8. The lowest BCUT2D eigenvalue weighted by atomic mass is 9.98. The first-order chi connectivity index (χ1) is 8.07. The highest BCUT2D eigenvalue weighted by Crippen LogP contribution is 2.25. The van der Waals surface area contributed by atoms with Crippen molar-refractivity contribution in [2.24, 2.45) is 5.92 Å². The second-order valence-electron chi connectivity index (χ2n) is 5.55. The van der Waals surface area contributed by atoms with E-state index in [9.17, 15) is 4.79 Å². The van der Waals surface area contributed by atoms with Gasteiger partial charge in [-0.25, -0.2) is 0 Å². The van der Waals surface area contributed by atoms with Crippen molar-refractivity contribution in [2.75, 3.05) is 19.8 Å². The largest absolute Gasteiger partial charge is 0.381 e. The molecule has 0 saturated carbocycles. The lowest BCUT2D eigenvalue weighted by molar-refractivity contribution is -0.134. The third kappa shape index (κ3) is 2.47. The molecular weight excluding hydrogens is 216 g/mol. The zero-order valence-corrected chi connectivity index (χ0v) is 11.2. The van der Waals surface area contributed by atoms with Gasteiger partial charge in [0.05, 0.1) is 18.3 Å². The number of carbonyl (C=O) groups is 1. The minimum Gasteiger partial charge on any atom is -0.381 e. The SMILES string of the molecule is CCC1(C)NC(C)N(CC2CCCOC2)C1=O. The monoisotopic (exact) mass is 240 g/mol. The Morgan fingerprint density at radius 2 is 2.35 bits per heavy atom. The summed E-state index contributed by atoms with van der Waals surface area (Å²) >= 11 is 0. The molecule has 3 unspecified atom stereocenters. The Kier molecular flexibility index (Phi) is 3.73. The standard InChI is InChI=1S/C13H24N2O2/c1-4-13(3)12(16)15(10(2)14-13)8-11-6-5-7-17-9-11/h10-11,14H,4-9H2,1-3H3. The minimum atomic E-state index is -0.366. The van der Waals surface area contributed by atoms with Gasteiger partial charge in [0.25, 0.3) is 0 Å². The number of hydrogen-bond acceptors (Lipinski definition) is 3. The smallest absolute Gasteiger partial charge is 0.243 e. The van der Waals surface area contributed by atoms with Gasteiger partial charge in [0.15, 0.2) is 0 Å². The van der Waals surface area contributed by atoms with E-state index >= 15 is 0 Å². The topological polar surface area (TPSA) is 41.6 Å². The number of carbonyl (C=O) groups excluding carboxylic acids is 1. The molecule has 2 rings (SSSR count). The molecule has 0 radical (unpaired) electrons. The third-order valence-electron chi connectivity index (χ3n) is 4.14. The first-order valence-electron chi connectivity index (χ1n) is 6.73. The van der Waals surface area contributed by atoms with Crippen molar-refractivity contribution in [2.45, 2.75) is 51.7 Å². The molecule has 4 nitrogen and oxygen atoms in total. The van der Waals surface area contributed by atoms with Crippen LogP contribution in [0.4, 0.5) is 0 Å². The predicted octanol–water partition coefficient (Wildman–Crippen LogP) is 1.36. The second-order valence-corrected chi connectivity index (χ2v) is 5.55. The van der Waals surface area contributed by atoms with Gasteiger partial charge < -0.3 is 9.64 Å². The fourth-order valence-corrected chi connectivity index (χ4v) is 2.82. The van der Waals surface area contributed by atoms with Crippen LogP contribution in [0.3, 0.4) is 0 Å². The summed E-state index contributed by atoms with van der Waals surface area (Å²) in [6.07, 6.45) is 3.29. The molecule has 3 atom stereocenters. The molecule has 2 heterocycles. The Morgan fingerprint density at radius 1 is 1.59 bits per heavy atom. The van der Waals surface area contributed by atoms with E-state index in [0.717, 1.165) is 32.6 Å². The molecule has 1 amide bonds. The maximum atomic E-state index is 12.4. The summed E-state index contributed by atoms with van der Waals surface area (Å²) in [6, 6.07) is 0. The van der Waals surface area contributed by atoms with Crippen LogP contribution in [0.15, 0.2) is 0 Å². The summed E-state index contributed by atoms with van der Waals surface area (Å²) < 4.78 is 5.48. The van der Waals surface area contributed by atoms with E-state index in [4.69, 9.17) is 4.74 Å². The number of ether oxygens (including phenoxy) is 1. The predicted molar refractivity (Wildman–Crippen MR) is 66.5 cm³/mol. The van der Waals surface area contributed by atoms with Gasteiger partial charge in [-0.15, -0.1) is 0 Å². The van der Waals surface area contributed by atoms with Gasteiger partial charge >= 0.3 is 0 Å². The molecule has 0 aromatic rings. The maximum Gasteiger partial charge on any atom is 0.243 e. The second kappa shape index (κ2) is 4.94. The average molecular weight is 240 g/mol. The summed E-state index contributed by atoms with van der Waals surface area (Å²) in [5.41, 5.74) is -0.366. The van der Waals surface area contributed by atoms with Crippen LogP contribution in [0.5, 0.6) is 0 Å². The molecule has 4 heteroatoms. The zero-order valence-electron chi connectivity index (χ0n) is 11.2. The summed E-state index contributed by atoms with van der Waals surface area (Å²) in [7, 11) is 0. The molecule has 0 spiro atoms. The van der Waals surface area contributed by atoms with Crippen LogP contribution in [0.2, 0.25) is 0 Å². The average Bonchev–Trinajstić information content (AvgIpc) is 2.55. The molecule has 2 fully saturated rings. The van der Waals surface area contributed by atoms with Gasteiger partial charge in [0.2, 0.25) is 5.91 Å². The molecule has 2 saturated heterocycles. The van der Waals surface area contributed by atoms with E-state index in [0.29, 0.717) is 5.92 Å². The fourth-order valence-electron chi connectivity index (χ4n) is 2.82. The molecule has 0 bridgehead atoms. The number of hydrogen-bond donors (Lipinski definition) is 1. The van der Waals surface area contributed by atoms with E-state index in [1.807, 2.05) is 11.8 Å². The van der Waals surface area contributed by atoms with Gasteiger partial charge in [-0.2, -0.15) is 0 Å². The maximum absolute atomic E-state index is 12.4. The molecule has 2 aliphatic rings. The molecule has 0 aromatic carbocycles. The third-order valence-corrected chi connectivity index (χ3v) is 4.14. The highest BCUT2D eigenvalue weighted by Gasteiger charge is 2.45. The molecule has 98 valence electrons. The summed E-state index contributed by atoms with van der Waals surface area (Å²) in [6.45, 7) is 8.66. The van der Waals surface area contributed by atoms with E-state index < -0.39 is 0 Å². The number of nitrogens with one attached hydrogen (secondary N) is 1. The van der Waals surface area contributed by atoms with Crippen molar-refractivity contribution in [3.8, 4) is 0 Å². The fraction of sp³-hybridized carbons (Fsp3) is 0.923. The van der Waals surface area contributed by atoms with Gasteiger partial charge in [-0.3, -0.25) is 10.1 Å². The first kappa shape index (κ1) is 12.8. The molecule has 2 aliphatic heterocycles. The highest BCUT2D eigenvalue weighted by molar-refractivity contribution is 5.88. The lowest BCUT2D eigenvalue weighted by Gasteiger charge is -2.29. The van der Waals surface area contributed by atoms with Gasteiger partial charge in [0, 0.05) is 19.1 Å². The van der Waals surface area contributed by atoms with Crippen LogP contribution in [-0.4, -0.2) is 42.3 Å². The van der Waals surface area contributed by atoms with Gasteiger partial charge in [0.1, 0.15) is 0 Å². The number of nitrogens with zero attached hydrogens (tertiary/aromatic N) is 1. The first-order valence-corrected chi connectivity index (χ1v) is 6.73. The van der Waals surface area contributed by atoms with Gasteiger partial charge in [-0.1, -0.05) is 6.92 Å². The van der Waals surface area contributed by atoms with Crippen LogP contribution < -0.4 is 5.32 Å². The van der Waals surface area contributed by atoms with Crippen LogP contribution in [0.25, 0.3) is 0 Å². The summed E-state index contributed by atoms with van der Waals surface area (Å²) in [5.74, 6) is 0.759. The van der Waals surface area contributed by atoms with Crippen molar-refractivity contribution >= 4 is 5.91 Å². The van der Waals surface area contributed by atoms with Crippen LogP contribution >= 0.6 is 0 Å². The highest BCUT2D eigenvalue weighted by atomic mass is 16.5. The van der Waals surface area contributed by atoms with E-state index in [1.165, 1.54) is 6.42 Å². The van der Waals surface area contributed by atoms with Gasteiger partial charge in [-0.05, 0) is 33.1 Å². The quantitative estimate of drug-likeness (QED) is 0.810. The summed E-state index contributed by atoms with van der Waals surface area (Å²) in [4.78, 5) is 14.4. The zero-order chi connectivity index (χ0) is 12.5. The van der Waals surface area contributed by atoms with Crippen LogP contribution in [0, 0.1) is 5.92 Å². The van der Waals surface area contributed by atoms with E-state index in [2.05, 4.69) is 19.2 Å². The van der Waals surface area contributed by atoms with Crippen LogP contribution in [0.1, 0.15) is 40.0 Å². The Labute approximate surface area is 104 Å². The van der Waals surface area contributed by atoms with Crippen molar-refractivity contribution in [3.63, 3.8) is 0 Å². The Morgan fingerprint density at radius 3 is 2.88 bits per heavy atom.